The molecule has 7 heteroatoms. The Labute approximate surface area is 131 Å². The van der Waals surface area contributed by atoms with Crippen molar-refractivity contribution in [1.82, 2.24) is 5.32 Å². The Bertz CT molecular complexity index is 676. The standard InChI is InChI=1S/C15H13ClN2O4/c16-10-1-4-12(5-2-10)20-8-17-15(19)18-11-3-6-13-14(7-11)22-9-21-13/h1-7H,8-9H2,(H2,17,18,19). The van der Waals surface area contributed by atoms with Gasteiger partial charge < -0.3 is 24.8 Å². The number of fused-ring (bicyclic) bond motifs is 1. The Morgan fingerprint density at radius 1 is 1.14 bits per heavy atom. The minimum Gasteiger partial charge on any atom is -0.473 e. The lowest BCUT2D eigenvalue weighted by Gasteiger charge is -2.09. The van der Waals surface area contributed by atoms with E-state index in [0.29, 0.717) is 28.0 Å². The summed E-state index contributed by atoms with van der Waals surface area (Å²) in [5, 5.41) is 5.89. The molecule has 1 heterocycles. The van der Waals surface area contributed by atoms with Crippen LogP contribution in [-0.4, -0.2) is 19.6 Å². The summed E-state index contributed by atoms with van der Waals surface area (Å²) in [5.74, 6) is 1.89. The van der Waals surface area contributed by atoms with Gasteiger partial charge in [0.25, 0.3) is 0 Å². The minimum absolute atomic E-state index is 0.0397. The average molecular weight is 321 g/mol. The zero-order chi connectivity index (χ0) is 15.4. The van der Waals surface area contributed by atoms with Crippen LogP contribution in [-0.2, 0) is 0 Å². The van der Waals surface area contributed by atoms with Crippen molar-refractivity contribution >= 4 is 23.3 Å². The van der Waals surface area contributed by atoms with Gasteiger partial charge in [-0.2, -0.15) is 0 Å². The Kier molecular flexibility index (Phi) is 4.20. The van der Waals surface area contributed by atoms with E-state index in [-0.39, 0.29) is 19.6 Å². The van der Waals surface area contributed by atoms with Crippen molar-refractivity contribution in [2.45, 2.75) is 0 Å². The van der Waals surface area contributed by atoms with Gasteiger partial charge in [-0.25, -0.2) is 4.79 Å². The fourth-order valence-corrected chi connectivity index (χ4v) is 1.99. The van der Waals surface area contributed by atoms with E-state index in [9.17, 15) is 4.79 Å². The summed E-state index contributed by atoms with van der Waals surface area (Å²) in [6.45, 7) is 0.234. The number of rotatable bonds is 4. The lowest BCUT2D eigenvalue weighted by Crippen LogP contribution is -2.31. The fraction of sp³-hybridized carbons (Fsp3) is 0.133. The molecule has 2 aromatic rings. The van der Waals surface area contributed by atoms with Crippen LogP contribution in [0.15, 0.2) is 42.5 Å². The second-order valence-corrected chi connectivity index (χ2v) is 4.88. The molecule has 0 atom stereocenters. The Morgan fingerprint density at radius 3 is 2.73 bits per heavy atom. The van der Waals surface area contributed by atoms with Crippen LogP contribution in [0.5, 0.6) is 17.2 Å². The maximum Gasteiger partial charge on any atom is 0.321 e. The summed E-state index contributed by atoms with van der Waals surface area (Å²) >= 11 is 5.77. The van der Waals surface area contributed by atoms with Gasteiger partial charge in [0.05, 0.1) is 0 Å². The first kappa shape index (κ1) is 14.3. The third kappa shape index (κ3) is 3.53. The quantitative estimate of drug-likeness (QED) is 0.849. The van der Waals surface area contributed by atoms with Crippen molar-refractivity contribution in [3.63, 3.8) is 0 Å². The molecule has 6 nitrogen and oxygen atoms in total. The first-order valence-electron chi connectivity index (χ1n) is 6.53. The predicted molar refractivity (Wildman–Crippen MR) is 81.7 cm³/mol. The monoisotopic (exact) mass is 320 g/mol. The first-order chi connectivity index (χ1) is 10.7. The zero-order valence-corrected chi connectivity index (χ0v) is 12.2. The maximum atomic E-state index is 11.8. The number of anilines is 1. The van der Waals surface area contributed by atoms with E-state index in [2.05, 4.69) is 10.6 Å². The zero-order valence-electron chi connectivity index (χ0n) is 11.5. The molecule has 2 amide bonds. The second kappa shape index (κ2) is 6.44. The highest BCUT2D eigenvalue weighted by Gasteiger charge is 2.13. The summed E-state index contributed by atoms with van der Waals surface area (Å²) in [4.78, 5) is 11.8. The highest BCUT2D eigenvalue weighted by atomic mass is 35.5. The molecule has 2 N–H and O–H groups in total. The Hall–Kier alpha value is -2.60. The van der Waals surface area contributed by atoms with Crippen LogP contribution < -0.4 is 24.8 Å². The summed E-state index contributed by atoms with van der Waals surface area (Å²) in [5.41, 5.74) is 0.605. The molecule has 0 unspecified atom stereocenters. The van der Waals surface area contributed by atoms with E-state index in [1.54, 1.807) is 42.5 Å². The van der Waals surface area contributed by atoms with Crippen LogP contribution in [0, 0.1) is 0 Å². The number of ether oxygens (including phenoxy) is 3. The van der Waals surface area contributed by atoms with Gasteiger partial charge in [0.15, 0.2) is 18.2 Å². The number of carbonyl (C=O) groups is 1. The lowest BCUT2D eigenvalue weighted by atomic mass is 10.3. The molecule has 0 aromatic heterocycles. The van der Waals surface area contributed by atoms with Gasteiger partial charge in [0, 0.05) is 16.8 Å². The maximum absolute atomic E-state index is 11.8. The number of benzene rings is 2. The molecule has 22 heavy (non-hydrogen) atoms. The van der Waals surface area contributed by atoms with Crippen LogP contribution in [0.3, 0.4) is 0 Å². The van der Waals surface area contributed by atoms with E-state index in [1.165, 1.54) is 0 Å². The summed E-state index contributed by atoms with van der Waals surface area (Å²) in [6, 6.07) is 11.7. The molecule has 2 aromatic carbocycles. The molecule has 0 fully saturated rings. The van der Waals surface area contributed by atoms with E-state index in [0.717, 1.165) is 0 Å². The van der Waals surface area contributed by atoms with Crippen molar-refractivity contribution in [3.8, 4) is 17.2 Å². The summed E-state index contributed by atoms with van der Waals surface area (Å²) in [7, 11) is 0. The van der Waals surface area contributed by atoms with Crippen molar-refractivity contribution in [2.24, 2.45) is 0 Å². The highest BCUT2D eigenvalue weighted by Crippen LogP contribution is 2.34. The molecule has 0 bridgehead atoms. The SMILES string of the molecule is O=C(NCOc1ccc(Cl)cc1)Nc1ccc2c(c1)OCO2. The molecule has 0 saturated carbocycles. The highest BCUT2D eigenvalue weighted by molar-refractivity contribution is 6.30. The normalized spacial score (nSPS) is 11.9. The molecule has 114 valence electrons. The van der Waals surface area contributed by atoms with Gasteiger partial charge in [-0.05, 0) is 36.4 Å². The molecule has 0 spiro atoms. The number of amides is 2. The third-order valence-electron chi connectivity index (χ3n) is 2.92. The molecule has 0 saturated heterocycles. The van der Waals surface area contributed by atoms with Crippen LogP contribution >= 0.6 is 11.6 Å². The molecular weight excluding hydrogens is 308 g/mol. The number of carbonyl (C=O) groups excluding carboxylic acids is 1. The van der Waals surface area contributed by atoms with Gasteiger partial charge >= 0.3 is 6.03 Å². The average Bonchev–Trinajstić information content (AvgIpc) is 2.97. The van der Waals surface area contributed by atoms with Gasteiger partial charge in [-0.3, -0.25) is 0 Å². The van der Waals surface area contributed by atoms with Crippen LogP contribution in [0.4, 0.5) is 10.5 Å². The molecule has 0 radical (unpaired) electrons. The minimum atomic E-state index is -0.382. The smallest absolute Gasteiger partial charge is 0.321 e. The van der Waals surface area contributed by atoms with Crippen molar-refractivity contribution in [2.75, 3.05) is 18.8 Å². The van der Waals surface area contributed by atoms with E-state index < -0.39 is 0 Å². The number of urea groups is 1. The topological polar surface area (TPSA) is 68.8 Å². The molecule has 1 aliphatic rings. The number of halogens is 1. The number of hydrogen-bond acceptors (Lipinski definition) is 4. The van der Waals surface area contributed by atoms with E-state index in [1.807, 2.05) is 0 Å². The van der Waals surface area contributed by atoms with Gasteiger partial charge in [0.1, 0.15) is 5.75 Å². The van der Waals surface area contributed by atoms with Gasteiger partial charge in [-0.1, -0.05) is 11.6 Å². The summed E-state index contributed by atoms with van der Waals surface area (Å²) in [6.07, 6.45) is 0. The second-order valence-electron chi connectivity index (χ2n) is 4.44. The van der Waals surface area contributed by atoms with Crippen molar-refractivity contribution in [3.05, 3.63) is 47.5 Å². The Morgan fingerprint density at radius 2 is 1.91 bits per heavy atom. The van der Waals surface area contributed by atoms with Crippen LogP contribution in [0.1, 0.15) is 0 Å². The van der Waals surface area contributed by atoms with Crippen molar-refractivity contribution < 1.29 is 19.0 Å². The molecular formula is C15H13ClN2O4. The number of nitrogens with one attached hydrogen (secondary N) is 2. The summed E-state index contributed by atoms with van der Waals surface area (Å²) < 4.78 is 15.8. The van der Waals surface area contributed by atoms with Crippen LogP contribution in [0.25, 0.3) is 0 Å². The largest absolute Gasteiger partial charge is 0.473 e. The first-order valence-corrected chi connectivity index (χ1v) is 6.91. The number of hydrogen-bond donors (Lipinski definition) is 2. The lowest BCUT2D eigenvalue weighted by molar-refractivity contribution is 0.174. The molecule has 0 aliphatic carbocycles. The third-order valence-corrected chi connectivity index (χ3v) is 3.17. The predicted octanol–water partition coefficient (Wildman–Crippen LogP) is 3.23. The fourth-order valence-electron chi connectivity index (χ4n) is 1.87. The van der Waals surface area contributed by atoms with Gasteiger partial charge in [0.2, 0.25) is 6.79 Å². The Balaban J connectivity index is 1.47. The van der Waals surface area contributed by atoms with Crippen LogP contribution in [0.2, 0.25) is 5.02 Å². The van der Waals surface area contributed by atoms with E-state index in [4.69, 9.17) is 25.8 Å². The molecule has 3 rings (SSSR count). The van der Waals surface area contributed by atoms with Crippen molar-refractivity contribution in [1.29, 1.82) is 0 Å². The van der Waals surface area contributed by atoms with E-state index >= 15 is 0 Å². The van der Waals surface area contributed by atoms with Gasteiger partial charge in [-0.15, -0.1) is 0 Å². The molecule has 1 aliphatic heterocycles.